The first-order chi connectivity index (χ1) is 9.22. The van der Waals surface area contributed by atoms with Gasteiger partial charge in [0.05, 0.1) is 13.2 Å². The number of carbonyl (C=O) groups is 1. The zero-order valence-corrected chi connectivity index (χ0v) is 11.9. The molecule has 4 nitrogen and oxygen atoms in total. The molecule has 0 saturated carbocycles. The van der Waals surface area contributed by atoms with E-state index in [2.05, 4.69) is 5.32 Å². The van der Waals surface area contributed by atoms with Gasteiger partial charge in [-0.05, 0) is 43.8 Å². The van der Waals surface area contributed by atoms with Gasteiger partial charge in [-0.15, -0.1) is 11.8 Å². The van der Waals surface area contributed by atoms with Gasteiger partial charge in [-0.2, -0.15) is 0 Å². The molecule has 1 atom stereocenters. The second-order valence-corrected chi connectivity index (χ2v) is 5.61. The van der Waals surface area contributed by atoms with E-state index in [9.17, 15) is 9.90 Å². The number of aliphatic hydroxyl groups is 1. The van der Waals surface area contributed by atoms with Crippen molar-refractivity contribution in [2.45, 2.75) is 23.8 Å². The molecule has 0 spiro atoms. The summed E-state index contributed by atoms with van der Waals surface area (Å²) in [5.74, 6) is -0.0152. The monoisotopic (exact) mass is 280 g/mol. The number of nitrogens with zero attached hydrogens (tertiary/aromatic N) is 1. The summed E-state index contributed by atoms with van der Waals surface area (Å²) >= 11 is 1.65. The number of carbonyl (C=O) groups excluding carboxylic acids is 1. The third-order valence-corrected chi connectivity index (χ3v) is 4.14. The molecule has 1 aromatic carbocycles. The zero-order chi connectivity index (χ0) is 13.7. The molecule has 2 rings (SSSR count). The lowest BCUT2D eigenvalue weighted by Gasteiger charge is -2.21. The fraction of sp³-hybridized carbons (Fsp3) is 0.500. The van der Waals surface area contributed by atoms with Crippen molar-refractivity contribution in [3.63, 3.8) is 0 Å². The molecule has 1 aliphatic rings. The van der Waals surface area contributed by atoms with Crippen molar-refractivity contribution < 1.29 is 9.90 Å². The van der Waals surface area contributed by atoms with Crippen molar-refractivity contribution in [1.82, 2.24) is 4.90 Å². The van der Waals surface area contributed by atoms with Gasteiger partial charge in [0.15, 0.2) is 0 Å². The van der Waals surface area contributed by atoms with Gasteiger partial charge in [0.2, 0.25) is 5.91 Å². The maximum atomic E-state index is 12.0. The summed E-state index contributed by atoms with van der Waals surface area (Å²) in [6, 6.07) is 7.96. The van der Waals surface area contributed by atoms with Gasteiger partial charge in [-0.3, -0.25) is 9.69 Å². The number of likely N-dealkylation sites (tertiary alicyclic amines) is 1. The highest BCUT2D eigenvalue weighted by Crippen LogP contribution is 2.20. The van der Waals surface area contributed by atoms with Crippen LogP contribution in [0, 0.1) is 0 Å². The van der Waals surface area contributed by atoms with Crippen LogP contribution in [0.3, 0.4) is 0 Å². The molecule has 0 unspecified atom stereocenters. The normalized spacial score (nSPS) is 19.6. The molecule has 0 radical (unpaired) electrons. The molecular weight excluding hydrogens is 260 g/mol. The molecule has 1 saturated heterocycles. The van der Waals surface area contributed by atoms with Crippen LogP contribution in [0.15, 0.2) is 29.2 Å². The van der Waals surface area contributed by atoms with Crippen LogP contribution in [0.1, 0.15) is 12.8 Å². The second kappa shape index (κ2) is 6.93. The van der Waals surface area contributed by atoms with Crippen LogP contribution in [0.25, 0.3) is 0 Å². The number of hydrogen-bond donors (Lipinski definition) is 2. The van der Waals surface area contributed by atoms with Crippen molar-refractivity contribution in [1.29, 1.82) is 0 Å². The zero-order valence-electron chi connectivity index (χ0n) is 11.1. The van der Waals surface area contributed by atoms with E-state index in [1.54, 1.807) is 11.8 Å². The van der Waals surface area contributed by atoms with Gasteiger partial charge in [0.25, 0.3) is 0 Å². The van der Waals surface area contributed by atoms with E-state index < -0.39 is 0 Å². The molecule has 1 heterocycles. The third kappa shape index (κ3) is 3.96. The summed E-state index contributed by atoms with van der Waals surface area (Å²) in [6.45, 7) is 1.38. The fourth-order valence-electron chi connectivity index (χ4n) is 2.40. The van der Waals surface area contributed by atoms with Crippen molar-refractivity contribution >= 4 is 23.4 Å². The molecule has 2 N–H and O–H groups in total. The largest absolute Gasteiger partial charge is 0.395 e. The van der Waals surface area contributed by atoms with Gasteiger partial charge < -0.3 is 10.4 Å². The van der Waals surface area contributed by atoms with Gasteiger partial charge in [0.1, 0.15) is 0 Å². The van der Waals surface area contributed by atoms with Crippen LogP contribution in [-0.4, -0.2) is 47.9 Å². The Morgan fingerprint density at radius 3 is 3.16 bits per heavy atom. The second-order valence-electron chi connectivity index (χ2n) is 4.73. The lowest BCUT2D eigenvalue weighted by molar-refractivity contribution is -0.117. The summed E-state index contributed by atoms with van der Waals surface area (Å²) in [5, 5.41) is 12.1. The van der Waals surface area contributed by atoms with Gasteiger partial charge in [0, 0.05) is 16.6 Å². The van der Waals surface area contributed by atoms with Crippen molar-refractivity contribution in [2.24, 2.45) is 0 Å². The van der Waals surface area contributed by atoms with E-state index in [4.69, 9.17) is 0 Å². The molecule has 104 valence electrons. The SMILES string of the molecule is CSc1cccc(NC(=O)CN2CCC[C@@H]2CO)c1. The quantitative estimate of drug-likeness (QED) is 0.808. The molecule has 1 aliphatic heterocycles. The lowest BCUT2D eigenvalue weighted by atomic mass is 10.2. The molecule has 0 aromatic heterocycles. The first kappa shape index (κ1) is 14.4. The third-order valence-electron chi connectivity index (χ3n) is 3.41. The van der Waals surface area contributed by atoms with E-state index in [0.29, 0.717) is 6.54 Å². The average Bonchev–Trinajstić information content (AvgIpc) is 2.86. The Labute approximate surface area is 118 Å². The topological polar surface area (TPSA) is 52.6 Å². The Balaban J connectivity index is 1.90. The number of aliphatic hydroxyl groups excluding tert-OH is 1. The number of benzene rings is 1. The number of nitrogens with one attached hydrogen (secondary N) is 1. The summed E-state index contributed by atoms with van der Waals surface area (Å²) in [4.78, 5) is 15.2. The summed E-state index contributed by atoms with van der Waals surface area (Å²) in [6.07, 6.45) is 4.04. The molecule has 1 aromatic rings. The highest BCUT2D eigenvalue weighted by molar-refractivity contribution is 7.98. The minimum Gasteiger partial charge on any atom is -0.395 e. The molecule has 5 heteroatoms. The molecule has 19 heavy (non-hydrogen) atoms. The van der Waals surface area contributed by atoms with Crippen LogP contribution >= 0.6 is 11.8 Å². The Morgan fingerprint density at radius 2 is 2.42 bits per heavy atom. The highest BCUT2D eigenvalue weighted by atomic mass is 32.2. The Bertz CT molecular complexity index is 439. The van der Waals surface area contributed by atoms with Crippen LogP contribution < -0.4 is 5.32 Å². The molecular formula is C14H20N2O2S. The Morgan fingerprint density at radius 1 is 1.58 bits per heavy atom. The number of rotatable bonds is 5. The molecule has 0 aliphatic carbocycles. The van der Waals surface area contributed by atoms with Crippen molar-refractivity contribution in [2.75, 3.05) is 31.3 Å². The average molecular weight is 280 g/mol. The van der Waals surface area contributed by atoms with Crippen LogP contribution in [0.2, 0.25) is 0 Å². The van der Waals surface area contributed by atoms with Crippen molar-refractivity contribution in [3.8, 4) is 0 Å². The van der Waals surface area contributed by atoms with E-state index >= 15 is 0 Å². The van der Waals surface area contributed by atoms with Gasteiger partial charge >= 0.3 is 0 Å². The Kier molecular flexibility index (Phi) is 5.24. The predicted octanol–water partition coefficient (Wildman–Crippen LogP) is 1.80. The first-order valence-corrected chi connectivity index (χ1v) is 7.74. The minimum atomic E-state index is -0.0152. The van der Waals surface area contributed by atoms with Crippen molar-refractivity contribution in [3.05, 3.63) is 24.3 Å². The number of anilines is 1. The van der Waals surface area contributed by atoms with Crippen LogP contribution in [0.4, 0.5) is 5.69 Å². The van der Waals surface area contributed by atoms with Crippen LogP contribution in [-0.2, 0) is 4.79 Å². The summed E-state index contributed by atoms with van der Waals surface area (Å²) < 4.78 is 0. The van der Waals surface area contributed by atoms with E-state index in [-0.39, 0.29) is 18.6 Å². The fourth-order valence-corrected chi connectivity index (χ4v) is 2.86. The van der Waals surface area contributed by atoms with Gasteiger partial charge in [-0.25, -0.2) is 0 Å². The predicted molar refractivity (Wildman–Crippen MR) is 78.5 cm³/mol. The summed E-state index contributed by atoms with van der Waals surface area (Å²) in [5.41, 5.74) is 0.830. The molecule has 1 fully saturated rings. The highest BCUT2D eigenvalue weighted by Gasteiger charge is 2.25. The molecule has 0 bridgehead atoms. The summed E-state index contributed by atoms with van der Waals surface area (Å²) in [7, 11) is 0. The number of thioether (sulfide) groups is 1. The minimum absolute atomic E-state index is 0.0152. The number of amides is 1. The maximum Gasteiger partial charge on any atom is 0.238 e. The van der Waals surface area contributed by atoms with Crippen LogP contribution in [0.5, 0.6) is 0 Å². The smallest absolute Gasteiger partial charge is 0.238 e. The van der Waals surface area contributed by atoms with Gasteiger partial charge in [-0.1, -0.05) is 6.07 Å². The van der Waals surface area contributed by atoms with E-state index in [0.717, 1.165) is 30.0 Å². The standard InChI is InChI=1S/C14H20N2O2S/c1-19-13-6-2-4-11(8-13)15-14(18)9-16-7-3-5-12(16)10-17/h2,4,6,8,12,17H,3,5,7,9-10H2,1H3,(H,15,18)/t12-/m1/s1. The first-order valence-electron chi connectivity index (χ1n) is 6.51. The van der Waals surface area contributed by atoms with E-state index in [1.165, 1.54) is 0 Å². The Hall–Kier alpha value is -1.04. The van der Waals surface area contributed by atoms with E-state index in [1.807, 2.05) is 35.4 Å². The lowest BCUT2D eigenvalue weighted by Crippen LogP contribution is -2.38. The molecule has 1 amide bonds. The number of hydrogen-bond acceptors (Lipinski definition) is 4. The maximum absolute atomic E-state index is 12.0.